The maximum absolute atomic E-state index is 12.7. The predicted octanol–water partition coefficient (Wildman–Crippen LogP) is 2.03. The molecule has 120 valence electrons. The lowest BCUT2D eigenvalue weighted by molar-refractivity contribution is 0.0602. The average Bonchev–Trinajstić information content (AvgIpc) is 2.91. The van der Waals surface area contributed by atoms with Crippen LogP contribution in [0.4, 0.5) is 0 Å². The Morgan fingerprint density at radius 1 is 1.50 bits per heavy atom. The van der Waals surface area contributed by atoms with Gasteiger partial charge in [-0.1, -0.05) is 12.1 Å². The number of halogens is 1. The first-order chi connectivity index (χ1) is 10.1. The number of aryl methyl sites for hydroxylation is 1. The van der Waals surface area contributed by atoms with E-state index in [2.05, 4.69) is 29.3 Å². The number of rotatable bonds is 2. The van der Waals surface area contributed by atoms with Crippen molar-refractivity contribution in [3.8, 4) is 0 Å². The van der Waals surface area contributed by atoms with Gasteiger partial charge in [0.25, 0.3) is 11.6 Å². The number of nitrogens with one attached hydrogen (secondary N) is 1. The van der Waals surface area contributed by atoms with E-state index in [1.165, 1.54) is 0 Å². The Morgan fingerprint density at radius 2 is 2.27 bits per heavy atom. The van der Waals surface area contributed by atoms with E-state index in [0.29, 0.717) is 23.9 Å². The van der Waals surface area contributed by atoms with Crippen LogP contribution in [0.1, 0.15) is 36.8 Å². The maximum atomic E-state index is 12.7. The minimum atomic E-state index is 0. The van der Waals surface area contributed by atoms with Crippen molar-refractivity contribution in [1.29, 1.82) is 0 Å². The van der Waals surface area contributed by atoms with Gasteiger partial charge < -0.3 is 14.7 Å². The summed E-state index contributed by atoms with van der Waals surface area (Å²) in [7, 11) is 0. The molecule has 2 atom stereocenters. The first kappa shape index (κ1) is 16.7. The van der Waals surface area contributed by atoms with Crippen LogP contribution in [0.5, 0.6) is 0 Å². The number of hydrogen-bond acceptors (Lipinski definition) is 5. The van der Waals surface area contributed by atoms with Gasteiger partial charge in [-0.2, -0.15) is 0 Å². The van der Waals surface area contributed by atoms with E-state index in [9.17, 15) is 4.79 Å². The zero-order valence-corrected chi connectivity index (χ0v) is 13.8. The molecule has 1 amide bonds. The normalized spacial score (nSPS) is 21.7. The number of carbonyl (C=O) groups excluding carboxylic acids is 1. The molecule has 3 rings (SSSR count). The molecule has 0 saturated carbocycles. The number of amides is 1. The fourth-order valence-corrected chi connectivity index (χ4v) is 2.76. The molecule has 2 aromatic heterocycles. The molecule has 7 heteroatoms. The topological polar surface area (TPSA) is 71.3 Å². The molecular weight excluding hydrogens is 304 g/mol. The smallest absolute Gasteiger partial charge is 0.257 e. The minimum absolute atomic E-state index is 0. The third kappa shape index (κ3) is 2.80. The van der Waals surface area contributed by atoms with Gasteiger partial charge in [-0.3, -0.25) is 4.79 Å². The fourth-order valence-electron chi connectivity index (χ4n) is 2.76. The average molecular weight is 325 g/mol. The third-order valence-corrected chi connectivity index (χ3v) is 4.28. The number of pyridine rings is 1. The van der Waals surface area contributed by atoms with E-state index in [1.54, 1.807) is 6.20 Å². The number of piperazine rings is 1. The maximum Gasteiger partial charge on any atom is 0.257 e. The predicted molar refractivity (Wildman–Crippen MR) is 86.4 cm³/mol. The molecule has 22 heavy (non-hydrogen) atoms. The molecule has 6 nitrogen and oxygen atoms in total. The van der Waals surface area contributed by atoms with Gasteiger partial charge in [0.1, 0.15) is 0 Å². The molecule has 1 saturated heterocycles. The zero-order chi connectivity index (χ0) is 15.0. The molecule has 1 aliphatic heterocycles. The van der Waals surface area contributed by atoms with Crippen LogP contribution in [-0.4, -0.2) is 46.1 Å². The Kier molecular flexibility index (Phi) is 5.03. The Bertz CT molecular complexity index is 673. The molecular formula is C15H21ClN4O2. The fraction of sp³-hybridized carbons (Fsp3) is 0.533. The van der Waals surface area contributed by atoms with Gasteiger partial charge in [0, 0.05) is 31.4 Å². The van der Waals surface area contributed by atoms with Gasteiger partial charge in [0.2, 0.25) is 0 Å². The van der Waals surface area contributed by atoms with Crippen LogP contribution in [-0.2, 0) is 6.42 Å². The van der Waals surface area contributed by atoms with Gasteiger partial charge in [0.05, 0.1) is 16.6 Å². The Hall–Kier alpha value is -1.66. The Balaban J connectivity index is 0.00000176. The Morgan fingerprint density at radius 3 is 3.00 bits per heavy atom. The summed E-state index contributed by atoms with van der Waals surface area (Å²) in [5.41, 5.74) is 1.93. The molecule has 1 N–H and O–H groups in total. The number of hydrogen-bond donors (Lipinski definition) is 1. The first-order valence-corrected chi connectivity index (χ1v) is 7.40. The summed E-state index contributed by atoms with van der Waals surface area (Å²) < 4.78 is 5.16. The second-order valence-corrected chi connectivity index (χ2v) is 5.54. The second kappa shape index (κ2) is 6.62. The molecule has 1 aliphatic rings. The second-order valence-electron chi connectivity index (χ2n) is 5.54. The van der Waals surface area contributed by atoms with Gasteiger partial charge in [0.15, 0.2) is 0 Å². The summed E-state index contributed by atoms with van der Waals surface area (Å²) in [6, 6.07) is 2.30. The van der Waals surface area contributed by atoms with Crippen LogP contribution in [0.2, 0.25) is 0 Å². The van der Waals surface area contributed by atoms with Crippen molar-refractivity contribution in [2.45, 2.75) is 39.3 Å². The molecule has 1 fully saturated rings. The SMILES string of the molecule is CCc1noc2ncc(C(=O)N3CCNC(C)C3C)cc12.Cl. The molecule has 0 radical (unpaired) electrons. The van der Waals surface area contributed by atoms with Crippen LogP contribution < -0.4 is 5.32 Å². The van der Waals surface area contributed by atoms with Gasteiger partial charge in [-0.05, 0) is 26.3 Å². The van der Waals surface area contributed by atoms with E-state index in [-0.39, 0.29) is 24.4 Å². The molecule has 0 aromatic carbocycles. The standard InChI is InChI=1S/C15H20N4O2.ClH/c1-4-13-12-7-11(8-17-14(12)21-18-13)15(20)19-6-5-16-9(2)10(19)3;/h7-10,16H,4-6H2,1-3H3;1H. The largest absolute Gasteiger partial charge is 0.336 e. The quantitative estimate of drug-likeness (QED) is 0.915. The van der Waals surface area contributed by atoms with Crippen molar-refractivity contribution >= 4 is 29.4 Å². The third-order valence-electron chi connectivity index (χ3n) is 4.28. The summed E-state index contributed by atoms with van der Waals surface area (Å²) in [6.07, 6.45) is 2.34. The molecule has 3 heterocycles. The summed E-state index contributed by atoms with van der Waals surface area (Å²) >= 11 is 0. The summed E-state index contributed by atoms with van der Waals surface area (Å²) in [5, 5.41) is 8.19. The van der Waals surface area contributed by atoms with Gasteiger partial charge in [-0.25, -0.2) is 4.98 Å². The number of aromatic nitrogens is 2. The highest BCUT2D eigenvalue weighted by molar-refractivity contribution is 5.97. The van der Waals surface area contributed by atoms with Crippen LogP contribution in [0, 0.1) is 0 Å². The highest BCUT2D eigenvalue weighted by Crippen LogP contribution is 2.20. The summed E-state index contributed by atoms with van der Waals surface area (Å²) in [6.45, 7) is 7.71. The number of fused-ring (bicyclic) bond motifs is 1. The summed E-state index contributed by atoms with van der Waals surface area (Å²) in [4.78, 5) is 18.9. The zero-order valence-electron chi connectivity index (χ0n) is 13.0. The van der Waals surface area contributed by atoms with E-state index in [1.807, 2.05) is 17.9 Å². The van der Waals surface area contributed by atoms with Crippen LogP contribution in [0.25, 0.3) is 11.1 Å². The lowest BCUT2D eigenvalue weighted by atomic mass is 10.1. The van der Waals surface area contributed by atoms with Crippen molar-refractivity contribution in [3.05, 3.63) is 23.5 Å². The molecule has 0 aliphatic carbocycles. The van der Waals surface area contributed by atoms with Crippen LogP contribution in [0.3, 0.4) is 0 Å². The van der Waals surface area contributed by atoms with E-state index < -0.39 is 0 Å². The van der Waals surface area contributed by atoms with Crippen molar-refractivity contribution in [2.24, 2.45) is 0 Å². The van der Waals surface area contributed by atoms with Crippen molar-refractivity contribution in [1.82, 2.24) is 20.4 Å². The lowest BCUT2D eigenvalue weighted by Crippen LogP contribution is -2.57. The molecule has 0 spiro atoms. The molecule has 2 unspecified atom stereocenters. The number of nitrogens with zero attached hydrogens (tertiary/aromatic N) is 3. The molecule has 0 bridgehead atoms. The lowest BCUT2D eigenvalue weighted by Gasteiger charge is -2.38. The highest BCUT2D eigenvalue weighted by Gasteiger charge is 2.29. The highest BCUT2D eigenvalue weighted by atomic mass is 35.5. The van der Waals surface area contributed by atoms with Gasteiger partial charge in [-0.15, -0.1) is 12.4 Å². The summed E-state index contributed by atoms with van der Waals surface area (Å²) in [5.74, 6) is 0.0218. The van der Waals surface area contributed by atoms with E-state index >= 15 is 0 Å². The monoisotopic (exact) mass is 324 g/mol. The van der Waals surface area contributed by atoms with E-state index in [4.69, 9.17) is 4.52 Å². The van der Waals surface area contributed by atoms with Crippen molar-refractivity contribution in [3.63, 3.8) is 0 Å². The van der Waals surface area contributed by atoms with Crippen molar-refractivity contribution < 1.29 is 9.32 Å². The Labute approximate surface area is 135 Å². The number of carbonyl (C=O) groups is 1. The molecule has 2 aromatic rings. The van der Waals surface area contributed by atoms with Crippen LogP contribution >= 0.6 is 12.4 Å². The van der Waals surface area contributed by atoms with E-state index in [0.717, 1.165) is 24.0 Å². The minimum Gasteiger partial charge on any atom is -0.336 e. The first-order valence-electron chi connectivity index (χ1n) is 7.40. The van der Waals surface area contributed by atoms with Crippen molar-refractivity contribution in [2.75, 3.05) is 13.1 Å². The van der Waals surface area contributed by atoms with Gasteiger partial charge >= 0.3 is 0 Å². The van der Waals surface area contributed by atoms with Crippen LogP contribution in [0.15, 0.2) is 16.8 Å².